The molecule has 0 aliphatic heterocycles. The maximum Gasteiger partial charge on any atom is 0.0304 e. The van der Waals surface area contributed by atoms with Gasteiger partial charge in [0.15, 0.2) is 0 Å². The van der Waals surface area contributed by atoms with Gasteiger partial charge < -0.3 is 11.1 Å². The molecule has 0 aromatic heterocycles. The molecular weight excluding hydrogens is 220 g/mol. The van der Waals surface area contributed by atoms with Crippen LogP contribution >= 0.6 is 0 Å². The van der Waals surface area contributed by atoms with Crippen LogP contribution in [0.4, 0.5) is 0 Å². The van der Waals surface area contributed by atoms with Gasteiger partial charge in [-0.25, -0.2) is 0 Å². The van der Waals surface area contributed by atoms with Crippen molar-refractivity contribution in [3.8, 4) is 0 Å². The average molecular weight is 250 g/mol. The molecular formula is C16H30N2. The van der Waals surface area contributed by atoms with Crippen molar-refractivity contribution in [2.45, 2.75) is 70.3 Å². The molecule has 0 aromatic carbocycles. The van der Waals surface area contributed by atoms with Gasteiger partial charge >= 0.3 is 0 Å². The van der Waals surface area contributed by atoms with Crippen LogP contribution in [0.3, 0.4) is 0 Å². The lowest BCUT2D eigenvalue weighted by Crippen LogP contribution is -2.54. The number of allylic oxidation sites excluding steroid dienone is 1. The molecule has 0 atom stereocenters. The third-order valence-corrected chi connectivity index (χ3v) is 5.37. The van der Waals surface area contributed by atoms with Crippen LogP contribution in [0, 0.1) is 5.41 Å². The van der Waals surface area contributed by atoms with E-state index >= 15 is 0 Å². The largest absolute Gasteiger partial charge is 0.329 e. The van der Waals surface area contributed by atoms with E-state index in [9.17, 15) is 0 Å². The van der Waals surface area contributed by atoms with Gasteiger partial charge in [0.25, 0.3) is 0 Å². The summed E-state index contributed by atoms with van der Waals surface area (Å²) in [5, 5.41) is 3.75. The van der Waals surface area contributed by atoms with Crippen molar-refractivity contribution >= 4 is 0 Å². The number of nitrogens with one attached hydrogen (secondary N) is 1. The fourth-order valence-corrected chi connectivity index (χ4v) is 3.92. The molecule has 0 amide bonds. The summed E-state index contributed by atoms with van der Waals surface area (Å²) < 4.78 is 0. The van der Waals surface area contributed by atoms with E-state index < -0.39 is 0 Å². The molecule has 2 rings (SSSR count). The molecule has 0 saturated heterocycles. The predicted octanol–water partition coefficient (Wildman–Crippen LogP) is 3.37. The maximum absolute atomic E-state index is 6.06. The Morgan fingerprint density at radius 3 is 2.28 bits per heavy atom. The smallest absolute Gasteiger partial charge is 0.0304 e. The molecule has 0 bridgehead atoms. The first-order chi connectivity index (χ1) is 8.74. The molecule has 104 valence electrons. The van der Waals surface area contributed by atoms with Gasteiger partial charge in [-0.1, -0.05) is 25.0 Å². The van der Waals surface area contributed by atoms with Gasteiger partial charge in [0.2, 0.25) is 0 Å². The lowest BCUT2D eigenvalue weighted by Gasteiger charge is -2.45. The molecule has 2 saturated carbocycles. The van der Waals surface area contributed by atoms with Crippen molar-refractivity contribution in [2.75, 3.05) is 13.1 Å². The van der Waals surface area contributed by atoms with E-state index in [1.807, 2.05) is 0 Å². The minimum absolute atomic E-state index is 0.245. The van der Waals surface area contributed by atoms with Crippen LogP contribution in [-0.2, 0) is 0 Å². The van der Waals surface area contributed by atoms with Gasteiger partial charge in [-0.15, -0.1) is 0 Å². The summed E-state index contributed by atoms with van der Waals surface area (Å²) in [7, 11) is 0. The van der Waals surface area contributed by atoms with E-state index in [2.05, 4.69) is 24.4 Å². The van der Waals surface area contributed by atoms with Crippen molar-refractivity contribution in [3.63, 3.8) is 0 Å². The fourth-order valence-electron chi connectivity index (χ4n) is 3.92. The molecule has 18 heavy (non-hydrogen) atoms. The van der Waals surface area contributed by atoms with Gasteiger partial charge in [-0.05, 0) is 63.8 Å². The van der Waals surface area contributed by atoms with Crippen LogP contribution in [0.1, 0.15) is 64.7 Å². The Morgan fingerprint density at radius 1 is 1.06 bits per heavy atom. The van der Waals surface area contributed by atoms with Crippen molar-refractivity contribution < 1.29 is 0 Å². The Hall–Kier alpha value is -0.340. The molecule has 3 N–H and O–H groups in total. The molecule has 2 aliphatic carbocycles. The van der Waals surface area contributed by atoms with Crippen LogP contribution in [0.15, 0.2) is 12.2 Å². The van der Waals surface area contributed by atoms with Gasteiger partial charge in [0.1, 0.15) is 0 Å². The van der Waals surface area contributed by atoms with Crippen LogP contribution in [0.2, 0.25) is 0 Å². The Bertz CT molecular complexity index is 267. The highest BCUT2D eigenvalue weighted by molar-refractivity contribution is 5.00. The zero-order chi connectivity index (χ0) is 12.9. The zero-order valence-electron chi connectivity index (χ0n) is 12.0. The lowest BCUT2D eigenvalue weighted by atomic mass is 9.66. The summed E-state index contributed by atoms with van der Waals surface area (Å²) in [6.07, 6.45) is 16.8. The maximum atomic E-state index is 6.06. The monoisotopic (exact) mass is 250 g/mol. The van der Waals surface area contributed by atoms with E-state index in [0.29, 0.717) is 5.41 Å². The molecule has 0 unspecified atom stereocenters. The third-order valence-electron chi connectivity index (χ3n) is 5.37. The third kappa shape index (κ3) is 3.16. The average Bonchev–Trinajstić information content (AvgIpc) is 2.86. The summed E-state index contributed by atoms with van der Waals surface area (Å²) in [4.78, 5) is 0. The van der Waals surface area contributed by atoms with Gasteiger partial charge in [0, 0.05) is 12.1 Å². The molecule has 0 radical (unpaired) electrons. The summed E-state index contributed by atoms with van der Waals surface area (Å²) in [5.74, 6) is 0. The van der Waals surface area contributed by atoms with Crippen LogP contribution in [0.5, 0.6) is 0 Å². The van der Waals surface area contributed by atoms with Crippen LogP contribution < -0.4 is 11.1 Å². The second kappa shape index (κ2) is 6.21. The Balaban J connectivity index is 1.83. The Morgan fingerprint density at radius 2 is 1.72 bits per heavy atom. The normalized spacial score (nSPS) is 26.1. The topological polar surface area (TPSA) is 38.0 Å². The van der Waals surface area contributed by atoms with Crippen molar-refractivity contribution in [3.05, 3.63) is 12.2 Å². The van der Waals surface area contributed by atoms with Crippen LogP contribution in [-0.4, -0.2) is 18.6 Å². The summed E-state index contributed by atoms with van der Waals surface area (Å²) in [5.41, 5.74) is 7.02. The van der Waals surface area contributed by atoms with Crippen LogP contribution in [0.25, 0.3) is 0 Å². The first-order valence-electron chi connectivity index (χ1n) is 7.81. The standard InChI is InChI=1S/C16H30N2/c1-2-3-6-13-18-16(14-17)11-9-15(10-12-16)7-4-5-8-15/h2-3,18H,4-14,17H2,1H3/b3-2+. The fraction of sp³-hybridized carbons (Fsp3) is 0.875. The Labute approximate surface area is 112 Å². The summed E-state index contributed by atoms with van der Waals surface area (Å²) >= 11 is 0. The van der Waals surface area contributed by atoms with E-state index in [1.54, 1.807) is 0 Å². The van der Waals surface area contributed by atoms with Gasteiger partial charge in [-0.2, -0.15) is 0 Å². The number of rotatable bonds is 5. The second-order valence-electron chi connectivity index (χ2n) is 6.48. The van der Waals surface area contributed by atoms with Gasteiger partial charge in [-0.3, -0.25) is 0 Å². The molecule has 0 aromatic rings. The summed E-state index contributed by atoms with van der Waals surface area (Å²) in [6.45, 7) is 3.97. The predicted molar refractivity (Wildman–Crippen MR) is 78.6 cm³/mol. The van der Waals surface area contributed by atoms with E-state index in [-0.39, 0.29) is 5.54 Å². The summed E-state index contributed by atoms with van der Waals surface area (Å²) in [6, 6.07) is 0. The van der Waals surface area contributed by atoms with Crippen molar-refractivity contribution in [1.82, 2.24) is 5.32 Å². The second-order valence-corrected chi connectivity index (χ2v) is 6.48. The van der Waals surface area contributed by atoms with E-state index in [1.165, 1.54) is 51.4 Å². The first kappa shape index (κ1) is 14.1. The van der Waals surface area contributed by atoms with E-state index in [4.69, 9.17) is 5.73 Å². The lowest BCUT2D eigenvalue weighted by molar-refractivity contribution is 0.115. The molecule has 2 aliphatic rings. The molecule has 2 heteroatoms. The molecule has 0 heterocycles. The van der Waals surface area contributed by atoms with Gasteiger partial charge in [0.05, 0.1) is 0 Å². The minimum Gasteiger partial charge on any atom is -0.329 e. The zero-order valence-corrected chi connectivity index (χ0v) is 12.0. The highest BCUT2D eigenvalue weighted by Gasteiger charge is 2.42. The molecule has 2 fully saturated rings. The molecule has 2 nitrogen and oxygen atoms in total. The van der Waals surface area contributed by atoms with E-state index in [0.717, 1.165) is 19.5 Å². The number of nitrogens with two attached hydrogens (primary N) is 1. The molecule has 1 spiro atoms. The van der Waals surface area contributed by atoms with Crippen molar-refractivity contribution in [1.29, 1.82) is 0 Å². The first-order valence-corrected chi connectivity index (χ1v) is 7.81. The minimum atomic E-state index is 0.245. The quantitative estimate of drug-likeness (QED) is 0.580. The Kier molecular flexibility index (Phi) is 4.85. The highest BCUT2D eigenvalue weighted by Crippen LogP contribution is 2.50. The number of hydrogen-bond donors (Lipinski definition) is 2. The van der Waals surface area contributed by atoms with Crippen molar-refractivity contribution in [2.24, 2.45) is 11.1 Å². The highest BCUT2D eigenvalue weighted by atomic mass is 15.0. The number of hydrogen-bond acceptors (Lipinski definition) is 2. The SMILES string of the molecule is C/C=C/CCNC1(CN)CCC2(CCCC2)CC1.